The minimum atomic E-state index is -5.44. The number of aliphatic hydroxyl groups excluding tert-OH is 3. The van der Waals surface area contributed by atoms with Crippen molar-refractivity contribution in [1.29, 1.82) is 0 Å². The Balaban J connectivity index is 0. The normalized spacial score (nSPS) is 29.2. The molecule has 0 aromatic heterocycles. The standard InChI is InChI=1S/C14H29O9P.2Na/c1-3-5-9(6-4-2)8-21-14-12(17)13(23-24(18,19)20)11(16)10(7-15)22-14;;/h9-17H,3-8H2,1-2H3,(H2,18,19,20);;/q;2*+1/p-2/t10-,11+,12-,13-,14+;;/m1../s1. The topological polar surface area (TPSA) is 152 Å². The van der Waals surface area contributed by atoms with E-state index in [9.17, 15) is 29.7 Å². The Hall–Kier alpha value is 1.91. The van der Waals surface area contributed by atoms with Gasteiger partial charge in [0.25, 0.3) is 0 Å². The Kier molecular flexibility index (Phi) is 17.2. The van der Waals surface area contributed by atoms with Gasteiger partial charge in [0, 0.05) is 0 Å². The third-order valence-corrected chi connectivity index (χ3v) is 4.46. The first-order valence-electron chi connectivity index (χ1n) is 8.17. The van der Waals surface area contributed by atoms with Crippen LogP contribution in [0.4, 0.5) is 0 Å². The third kappa shape index (κ3) is 10.1. The van der Waals surface area contributed by atoms with Gasteiger partial charge in [-0.05, 0) is 18.8 Å². The average molecular weight is 416 g/mol. The molecule has 1 aliphatic heterocycles. The maximum Gasteiger partial charge on any atom is 1.00 e. The van der Waals surface area contributed by atoms with E-state index in [2.05, 4.69) is 4.52 Å². The Bertz CT molecular complexity index is 406. The van der Waals surface area contributed by atoms with E-state index in [-0.39, 0.29) is 71.6 Å². The van der Waals surface area contributed by atoms with Crippen molar-refractivity contribution in [3.63, 3.8) is 0 Å². The molecule has 1 saturated heterocycles. The SMILES string of the molecule is CCCC(CCC)CO[C@H]1O[C@H](CO)[C@H](O)[C@@H](OP(=O)([O-])[O-])[C@H]1O.[Na+].[Na+]. The van der Waals surface area contributed by atoms with Gasteiger partial charge < -0.3 is 43.7 Å². The molecule has 3 N–H and O–H groups in total. The van der Waals surface area contributed by atoms with Gasteiger partial charge >= 0.3 is 59.1 Å². The summed E-state index contributed by atoms with van der Waals surface area (Å²) in [7, 11) is -5.44. The van der Waals surface area contributed by atoms with Gasteiger partial charge in [-0.25, -0.2) is 0 Å². The van der Waals surface area contributed by atoms with E-state index < -0.39 is 45.1 Å². The predicted octanol–water partition coefficient (Wildman–Crippen LogP) is -7.12. The molecule has 1 fully saturated rings. The molecule has 26 heavy (non-hydrogen) atoms. The van der Waals surface area contributed by atoms with E-state index >= 15 is 0 Å². The molecule has 9 nitrogen and oxygen atoms in total. The summed E-state index contributed by atoms with van der Waals surface area (Å²) in [5.41, 5.74) is 0. The molecule has 5 atom stereocenters. The smallest absolute Gasteiger partial charge is 0.790 e. The van der Waals surface area contributed by atoms with Crippen LogP contribution in [-0.4, -0.2) is 59.2 Å². The molecule has 12 heteroatoms. The van der Waals surface area contributed by atoms with Gasteiger partial charge in [0.05, 0.1) is 21.0 Å². The van der Waals surface area contributed by atoms with Crippen molar-refractivity contribution in [3.8, 4) is 0 Å². The van der Waals surface area contributed by atoms with Crippen LogP contribution in [0.2, 0.25) is 0 Å². The zero-order valence-corrected chi connectivity index (χ0v) is 20.8. The fourth-order valence-corrected chi connectivity index (χ4v) is 3.37. The minimum absolute atomic E-state index is 0. The fraction of sp³-hybridized carbons (Fsp3) is 1.00. The predicted molar refractivity (Wildman–Crippen MR) is 79.5 cm³/mol. The largest absolute Gasteiger partial charge is 1.00 e. The fourth-order valence-electron chi connectivity index (χ4n) is 2.82. The summed E-state index contributed by atoms with van der Waals surface area (Å²) < 4.78 is 25.8. The molecule has 0 aromatic carbocycles. The second kappa shape index (κ2) is 14.8. The molecule has 0 saturated carbocycles. The van der Waals surface area contributed by atoms with Crippen LogP contribution >= 0.6 is 7.82 Å². The number of rotatable bonds is 10. The zero-order valence-electron chi connectivity index (χ0n) is 15.9. The molecule has 0 bridgehead atoms. The summed E-state index contributed by atoms with van der Waals surface area (Å²) in [6.45, 7) is 3.69. The van der Waals surface area contributed by atoms with Gasteiger partial charge in [-0.15, -0.1) is 0 Å². The number of phosphoric ester groups is 1. The van der Waals surface area contributed by atoms with Crippen molar-refractivity contribution >= 4 is 7.82 Å². The molecule has 144 valence electrons. The van der Waals surface area contributed by atoms with Crippen LogP contribution < -0.4 is 68.9 Å². The average Bonchev–Trinajstić information content (AvgIpc) is 2.50. The van der Waals surface area contributed by atoms with E-state index in [0.29, 0.717) is 0 Å². The van der Waals surface area contributed by atoms with Crippen molar-refractivity contribution in [2.75, 3.05) is 13.2 Å². The molecular formula is C14H27Na2O9P. The first-order chi connectivity index (χ1) is 11.2. The number of phosphoric acid groups is 1. The van der Waals surface area contributed by atoms with Crippen LogP contribution in [0, 0.1) is 5.92 Å². The first-order valence-corrected chi connectivity index (χ1v) is 9.64. The second-order valence-corrected chi connectivity index (χ2v) is 7.11. The molecule has 0 amide bonds. The van der Waals surface area contributed by atoms with Gasteiger partial charge in [0.15, 0.2) is 6.29 Å². The number of aliphatic hydroxyl groups is 3. The van der Waals surface area contributed by atoms with Crippen molar-refractivity contribution in [1.82, 2.24) is 0 Å². The summed E-state index contributed by atoms with van der Waals surface area (Å²) in [4.78, 5) is 21.6. The molecule has 1 heterocycles. The molecule has 0 spiro atoms. The van der Waals surface area contributed by atoms with Crippen molar-refractivity contribution in [2.24, 2.45) is 5.92 Å². The van der Waals surface area contributed by atoms with E-state index in [4.69, 9.17) is 9.47 Å². The molecule has 0 radical (unpaired) electrons. The molecule has 1 rings (SSSR count). The Labute approximate surface area is 198 Å². The van der Waals surface area contributed by atoms with E-state index in [1.807, 2.05) is 13.8 Å². The Morgan fingerprint density at radius 3 is 2.08 bits per heavy atom. The van der Waals surface area contributed by atoms with Crippen LogP contribution in [0.5, 0.6) is 0 Å². The van der Waals surface area contributed by atoms with E-state index in [1.54, 1.807) is 0 Å². The summed E-state index contributed by atoms with van der Waals surface area (Å²) >= 11 is 0. The number of hydrogen-bond donors (Lipinski definition) is 3. The van der Waals surface area contributed by atoms with E-state index in [0.717, 1.165) is 25.7 Å². The maximum atomic E-state index is 10.8. The molecule has 0 aliphatic carbocycles. The van der Waals surface area contributed by atoms with Gasteiger partial charge in [-0.1, -0.05) is 26.7 Å². The minimum Gasteiger partial charge on any atom is -0.790 e. The van der Waals surface area contributed by atoms with Crippen LogP contribution in [0.1, 0.15) is 39.5 Å². The van der Waals surface area contributed by atoms with Crippen molar-refractivity contribution in [2.45, 2.75) is 70.2 Å². The van der Waals surface area contributed by atoms with E-state index in [1.165, 1.54) is 0 Å². The summed E-state index contributed by atoms with van der Waals surface area (Å²) in [6, 6.07) is 0. The van der Waals surface area contributed by atoms with Crippen LogP contribution in [0.25, 0.3) is 0 Å². The van der Waals surface area contributed by atoms with Gasteiger partial charge in [0.1, 0.15) is 24.4 Å². The molecule has 0 aromatic rings. The third-order valence-electron chi connectivity index (χ3n) is 3.96. The number of ether oxygens (including phenoxy) is 2. The zero-order chi connectivity index (χ0) is 18.3. The maximum absolute atomic E-state index is 10.8. The summed E-state index contributed by atoms with van der Waals surface area (Å²) in [6.07, 6.45) is -3.90. The van der Waals surface area contributed by atoms with Gasteiger partial charge in [0.2, 0.25) is 0 Å². The summed E-state index contributed by atoms with van der Waals surface area (Å²) in [5.74, 6) is 0.236. The van der Waals surface area contributed by atoms with Crippen LogP contribution in [0.15, 0.2) is 0 Å². The Morgan fingerprint density at radius 2 is 1.65 bits per heavy atom. The molecular weight excluding hydrogens is 389 g/mol. The second-order valence-electron chi connectivity index (χ2n) is 6.00. The quantitative estimate of drug-likeness (QED) is 0.233. The molecule has 0 unspecified atom stereocenters. The Morgan fingerprint density at radius 1 is 1.12 bits per heavy atom. The van der Waals surface area contributed by atoms with Gasteiger partial charge in [-0.3, -0.25) is 0 Å². The van der Waals surface area contributed by atoms with Crippen molar-refractivity contribution in [3.05, 3.63) is 0 Å². The molecule has 1 aliphatic rings. The monoisotopic (exact) mass is 416 g/mol. The van der Waals surface area contributed by atoms with Crippen LogP contribution in [0.3, 0.4) is 0 Å². The van der Waals surface area contributed by atoms with Crippen LogP contribution in [-0.2, 0) is 18.6 Å². The van der Waals surface area contributed by atoms with Gasteiger partial charge in [-0.2, -0.15) is 0 Å². The summed E-state index contributed by atoms with van der Waals surface area (Å²) in [5, 5.41) is 29.3. The first kappa shape index (κ1) is 30.1. The number of hydrogen-bond acceptors (Lipinski definition) is 9. The van der Waals surface area contributed by atoms with Crippen molar-refractivity contribution < 1.29 is 103 Å².